The van der Waals surface area contributed by atoms with Crippen LogP contribution in [0.5, 0.6) is 11.8 Å². The first kappa shape index (κ1) is 18.7. The SMILES string of the molecule is CCOC(=O)c1c(C)oc2ccc(Oc3ncc([N+](=O)[O-])c(NC4CC4)n3)cc12. The Bertz CT molecular complexity index is 1110. The fourth-order valence-corrected chi connectivity index (χ4v) is 2.89. The van der Waals surface area contributed by atoms with E-state index >= 15 is 0 Å². The highest BCUT2D eigenvalue weighted by atomic mass is 16.6. The number of nitrogens with one attached hydrogen (secondary N) is 1. The lowest BCUT2D eigenvalue weighted by molar-refractivity contribution is -0.384. The number of furan rings is 1. The summed E-state index contributed by atoms with van der Waals surface area (Å²) in [6, 6.07) is 5.05. The molecule has 0 aliphatic heterocycles. The fraction of sp³-hybridized carbons (Fsp3) is 0.316. The van der Waals surface area contributed by atoms with Crippen LogP contribution < -0.4 is 10.1 Å². The average molecular weight is 398 g/mol. The van der Waals surface area contributed by atoms with Crippen LogP contribution >= 0.6 is 0 Å². The van der Waals surface area contributed by atoms with Crippen molar-refractivity contribution in [1.82, 2.24) is 9.97 Å². The van der Waals surface area contributed by atoms with E-state index < -0.39 is 10.9 Å². The summed E-state index contributed by atoms with van der Waals surface area (Å²) in [5, 5.41) is 14.7. The van der Waals surface area contributed by atoms with Gasteiger partial charge in [-0.3, -0.25) is 10.1 Å². The van der Waals surface area contributed by atoms with Gasteiger partial charge in [0, 0.05) is 11.4 Å². The van der Waals surface area contributed by atoms with Gasteiger partial charge in [0.05, 0.1) is 11.5 Å². The second-order valence-corrected chi connectivity index (χ2v) is 6.58. The van der Waals surface area contributed by atoms with Gasteiger partial charge in [0.2, 0.25) is 5.82 Å². The Morgan fingerprint density at radius 2 is 2.21 bits per heavy atom. The van der Waals surface area contributed by atoms with Crippen molar-refractivity contribution in [2.45, 2.75) is 32.7 Å². The zero-order valence-corrected chi connectivity index (χ0v) is 15.8. The van der Waals surface area contributed by atoms with Crippen molar-refractivity contribution in [2.24, 2.45) is 0 Å². The lowest BCUT2D eigenvalue weighted by Gasteiger charge is -2.08. The zero-order chi connectivity index (χ0) is 20.5. The number of anilines is 1. The molecule has 10 nitrogen and oxygen atoms in total. The molecule has 1 saturated carbocycles. The van der Waals surface area contributed by atoms with Crippen molar-refractivity contribution in [1.29, 1.82) is 0 Å². The number of carbonyl (C=O) groups excluding carboxylic acids is 1. The molecule has 0 amide bonds. The summed E-state index contributed by atoms with van der Waals surface area (Å²) < 4.78 is 16.4. The van der Waals surface area contributed by atoms with E-state index in [1.54, 1.807) is 32.0 Å². The lowest BCUT2D eigenvalue weighted by Crippen LogP contribution is -2.08. The molecule has 1 N–H and O–H groups in total. The first-order chi connectivity index (χ1) is 14.0. The fourth-order valence-electron chi connectivity index (χ4n) is 2.89. The van der Waals surface area contributed by atoms with Crippen LogP contribution in [0, 0.1) is 17.0 Å². The van der Waals surface area contributed by atoms with E-state index in [2.05, 4.69) is 15.3 Å². The zero-order valence-electron chi connectivity index (χ0n) is 15.8. The molecule has 2 aromatic heterocycles. The van der Waals surface area contributed by atoms with Gasteiger partial charge in [-0.25, -0.2) is 4.79 Å². The molecule has 0 bridgehead atoms. The summed E-state index contributed by atoms with van der Waals surface area (Å²) in [5.41, 5.74) is 0.626. The number of rotatable bonds is 7. The highest BCUT2D eigenvalue weighted by molar-refractivity contribution is 6.04. The minimum atomic E-state index is -0.541. The lowest BCUT2D eigenvalue weighted by atomic mass is 10.1. The summed E-state index contributed by atoms with van der Waals surface area (Å²) in [5.74, 6) is 0.437. The molecular weight excluding hydrogens is 380 g/mol. The number of nitrogens with zero attached hydrogens (tertiary/aromatic N) is 3. The van der Waals surface area contributed by atoms with Gasteiger partial charge < -0.3 is 19.2 Å². The second-order valence-electron chi connectivity index (χ2n) is 6.58. The van der Waals surface area contributed by atoms with E-state index in [4.69, 9.17) is 13.9 Å². The summed E-state index contributed by atoms with van der Waals surface area (Å²) in [6.45, 7) is 3.65. The number of hydrogen-bond donors (Lipinski definition) is 1. The van der Waals surface area contributed by atoms with Crippen molar-refractivity contribution >= 4 is 28.4 Å². The van der Waals surface area contributed by atoms with Gasteiger partial charge in [0.1, 0.15) is 28.9 Å². The molecule has 1 fully saturated rings. The van der Waals surface area contributed by atoms with E-state index in [1.165, 1.54) is 0 Å². The average Bonchev–Trinajstić information content (AvgIpc) is 3.42. The van der Waals surface area contributed by atoms with Crippen LogP contribution in [0.1, 0.15) is 35.9 Å². The van der Waals surface area contributed by atoms with Crippen LogP contribution in [0.4, 0.5) is 11.5 Å². The number of aryl methyl sites for hydroxylation is 1. The molecule has 150 valence electrons. The molecular formula is C19H18N4O6. The first-order valence-electron chi connectivity index (χ1n) is 9.12. The molecule has 2 heterocycles. The summed E-state index contributed by atoms with van der Waals surface area (Å²) in [6.07, 6.45) is 2.98. The van der Waals surface area contributed by atoms with E-state index in [-0.39, 0.29) is 30.2 Å². The van der Waals surface area contributed by atoms with Gasteiger partial charge in [0.15, 0.2) is 0 Å². The predicted octanol–water partition coefficient (Wildman–Crippen LogP) is 3.98. The monoisotopic (exact) mass is 398 g/mol. The third-order valence-electron chi connectivity index (χ3n) is 4.39. The van der Waals surface area contributed by atoms with Crippen molar-refractivity contribution in [3.8, 4) is 11.8 Å². The number of nitro groups is 1. The molecule has 10 heteroatoms. The number of carbonyl (C=O) groups is 1. The third kappa shape index (κ3) is 3.82. The number of esters is 1. The van der Waals surface area contributed by atoms with Crippen LogP contribution in [0.2, 0.25) is 0 Å². The van der Waals surface area contributed by atoms with Crippen molar-refractivity contribution in [2.75, 3.05) is 11.9 Å². The quantitative estimate of drug-likeness (QED) is 0.357. The Labute approximate surface area is 165 Å². The van der Waals surface area contributed by atoms with Crippen molar-refractivity contribution in [3.63, 3.8) is 0 Å². The summed E-state index contributed by atoms with van der Waals surface area (Å²) in [7, 11) is 0. The molecule has 4 rings (SSSR count). The Morgan fingerprint density at radius 1 is 1.41 bits per heavy atom. The van der Waals surface area contributed by atoms with E-state index in [0.29, 0.717) is 28.0 Å². The number of benzene rings is 1. The van der Waals surface area contributed by atoms with Crippen molar-refractivity contribution in [3.05, 3.63) is 45.8 Å². The number of hydrogen-bond acceptors (Lipinski definition) is 9. The van der Waals surface area contributed by atoms with Crippen LogP contribution in [0.25, 0.3) is 11.0 Å². The number of fused-ring (bicyclic) bond motifs is 1. The van der Waals surface area contributed by atoms with Crippen LogP contribution in [-0.4, -0.2) is 33.5 Å². The Kier molecular flexibility index (Phi) is 4.75. The highest BCUT2D eigenvalue weighted by Crippen LogP contribution is 2.33. The van der Waals surface area contributed by atoms with E-state index in [9.17, 15) is 14.9 Å². The van der Waals surface area contributed by atoms with Gasteiger partial charge >= 0.3 is 17.7 Å². The highest BCUT2D eigenvalue weighted by Gasteiger charge is 2.27. The van der Waals surface area contributed by atoms with E-state index in [1.807, 2.05) is 0 Å². The van der Waals surface area contributed by atoms with E-state index in [0.717, 1.165) is 19.0 Å². The van der Waals surface area contributed by atoms with Crippen LogP contribution in [0.15, 0.2) is 28.8 Å². The van der Waals surface area contributed by atoms with Crippen molar-refractivity contribution < 1.29 is 23.6 Å². The smallest absolute Gasteiger partial charge is 0.342 e. The number of ether oxygens (including phenoxy) is 2. The van der Waals surface area contributed by atoms with Gasteiger partial charge in [-0.2, -0.15) is 9.97 Å². The maximum absolute atomic E-state index is 12.2. The number of aromatic nitrogens is 2. The Hall–Kier alpha value is -3.69. The molecule has 3 aromatic rings. The normalized spacial score (nSPS) is 13.3. The second kappa shape index (κ2) is 7.38. The van der Waals surface area contributed by atoms with Gasteiger partial charge in [-0.15, -0.1) is 0 Å². The van der Waals surface area contributed by atoms with Crippen LogP contribution in [-0.2, 0) is 4.74 Å². The maximum atomic E-state index is 12.2. The predicted molar refractivity (Wildman–Crippen MR) is 102 cm³/mol. The molecule has 0 unspecified atom stereocenters. The molecule has 0 spiro atoms. The molecule has 0 saturated heterocycles. The molecule has 1 aromatic carbocycles. The minimum absolute atomic E-state index is 0.0454. The van der Waals surface area contributed by atoms with Gasteiger partial charge in [-0.1, -0.05) is 0 Å². The third-order valence-corrected chi connectivity index (χ3v) is 4.39. The Morgan fingerprint density at radius 3 is 2.90 bits per heavy atom. The van der Waals surface area contributed by atoms with Crippen LogP contribution in [0.3, 0.4) is 0 Å². The van der Waals surface area contributed by atoms with Gasteiger partial charge in [0.25, 0.3) is 0 Å². The first-order valence-corrected chi connectivity index (χ1v) is 9.12. The maximum Gasteiger partial charge on any atom is 0.342 e. The Balaban J connectivity index is 1.66. The summed E-state index contributed by atoms with van der Waals surface area (Å²) >= 11 is 0. The molecule has 1 aliphatic carbocycles. The summed E-state index contributed by atoms with van der Waals surface area (Å²) in [4.78, 5) is 31.0. The standard InChI is InChI=1S/C19H18N4O6/c1-3-27-18(24)16-10(2)28-15-7-6-12(8-13(15)16)29-19-20-9-14(23(25)26)17(22-19)21-11-4-5-11/h6-9,11H,3-5H2,1-2H3,(H,20,21,22). The largest absolute Gasteiger partial charge is 0.462 e. The topological polar surface area (TPSA) is 130 Å². The minimum Gasteiger partial charge on any atom is -0.462 e. The molecule has 1 aliphatic rings. The molecule has 29 heavy (non-hydrogen) atoms. The van der Waals surface area contributed by atoms with Gasteiger partial charge in [-0.05, 0) is 44.9 Å². The molecule has 0 radical (unpaired) electrons. The molecule has 0 atom stereocenters.